The van der Waals surface area contributed by atoms with E-state index < -0.39 is 11.8 Å². The van der Waals surface area contributed by atoms with Crippen LogP contribution in [0.15, 0.2) is 42.5 Å². The number of carbonyl (C=O) groups excluding carboxylic acids is 4. The zero-order valence-electron chi connectivity index (χ0n) is 18.5. The van der Waals surface area contributed by atoms with E-state index in [1.807, 2.05) is 0 Å². The lowest BCUT2D eigenvalue weighted by Gasteiger charge is -2.33. The molecule has 9 heteroatoms. The van der Waals surface area contributed by atoms with Crippen molar-refractivity contribution in [2.75, 3.05) is 33.9 Å². The summed E-state index contributed by atoms with van der Waals surface area (Å²) in [6.45, 7) is 0.576. The van der Waals surface area contributed by atoms with Gasteiger partial charge in [0.05, 0.1) is 25.3 Å². The minimum atomic E-state index is -0.444. The number of methoxy groups -OCH3 is 2. The van der Waals surface area contributed by atoms with Gasteiger partial charge in [-0.3, -0.25) is 24.1 Å². The molecular formula is C24H25N3O6. The van der Waals surface area contributed by atoms with Crippen molar-refractivity contribution >= 4 is 23.6 Å². The number of carbonyl (C=O) groups is 4. The Bertz CT molecular complexity index is 1070. The predicted octanol–water partition coefficient (Wildman–Crippen LogP) is 1.72. The zero-order valence-corrected chi connectivity index (χ0v) is 18.5. The number of fused-ring (bicyclic) bond motifs is 1. The maximum absolute atomic E-state index is 12.7. The summed E-state index contributed by atoms with van der Waals surface area (Å²) in [7, 11) is 3.04. The van der Waals surface area contributed by atoms with Crippen molar-refractivity contribution in [2.24, 2.45) is 0 Å². The summed E-state index contributed by atoms with van der Waals surface area (Å²) < 4.78 is 10.4. The van der Waals surface area contributed by atoms with E-state index in [1.54, 1.807) is 47.4 Å². The largest absolute Gasteiger partial charge is 0.493 e. The van der Waals surface area contributed by atoms with E-state index in [2.05, 4.69) is 5.32 Å². The first-order valence-corrected chi connectivity index (χ1v) is 10.7. The zero-order chi connectivity index (χ0) is 23.5. The molecule has 0 saturated carbocycles. The van der Waals surface area contributed by atoms with Gasteiger partial charge in [-0.05, 0) is 43.2 Å². The average molecular weight is 451 g/mol. The Hall–Kier alpha value is -3.88. The Kier molecular flexibility index (Phi) is 6.30. The second-order valence-electron chi connectivity index (χ2n) is 7.94. The Morgan fingerprint density at radius 1 is 0.939 bits per heavy atom. The smallest absolute Gasteiger partial charge is 0.262 e. The van der Waals surface area contributed by atoms with E-state index in [4.69, 9.17) is 9.47 Å². The molecule has 0 aromatic heterocycles. The summed E-state index contributed by atoms with van der Waals surface area (Å²) in [4.78, 5) is 53.0. The van der Waals surface area contributed by atoms with Crippen molar-refractivity contribution in [2.45, 2.75) is 18.9 Å². The number of nitrogens with one attached hydrogen (secondary N) is 1. The van der Waals surface area contributed by atoms with Crippen LogP contribution in [0.4, 0.5) is 0 Å². The van der Waals surface area contributed by atoms with Crippen LogP contribution in [0.5, 0.6) is 11.5 Å². The first-order chi connectivity index (χ1) is 15.9. The fraction of sp³-hybridized carbons (Fsp3) is 0.333. The molecule has 33 heavy (non-hydrogen) atoms. The molecule has 4 rings (SSSR count). The first kappa shape index (κ1) is 22.3. The molecule has 0 spiro atoms. The van der Waals surface area contributed by atoms with Gasteiger partial charge in [0, 0.05) is 24.7 Å². The molecule has 2 aromatic carbocycles. The van der Waals surface area contributed by atoms with E-state index in [-0.39, 0.29) is 24.4 Å². The molecule has 0 unspecified atom stereocenters. The van der Waals surface area contributed by atoms with Crippen LogP contribution in [0.2, 0.25) is 0 Å². The van der Waals surface area contributed by atoms with E-state index in [9.17, 15) is 19.2 Å². The number of rotatable bonds is 6. The number of likely N-dealkylation sites (tertiary alicyclic amines) is 1. The normalized spacial score (nSPS) is 15.9. The third kappa shape index (κ3) is 4.39. The quantitative estimate of drug-likeness (QED) is 0.671. The van der Waals surface area contributed by atoms with E-state index in [0.717, 1.165) is 4.90 Å². The highest BCUT2D eigenvalue weighted by Gasteiger charge is 2.37. The van der Waals surface area contributed by atoms with Gasteiger partial charge in [-0.15, -0.1) is 0 Å². The van der Waals surface area contributed by atoms with Crippen LogP contribution in [-0.2, 0) is 4.79 Å². The van der Waals surface area contributed by atoms with E-state index in [1.165, 1.54) is 14.2 Å². The molecule has 0 bridgehead atoms. The van der Waals surface area contributed by atoms with Crippen LogP contribution >= 0.6 is 0 Å². The molecule has 2 aliphatic heterocycles. The second kappa shape index (κ2) is 9.32. The lowest BCUT2D eigenvalue weighted by atomic mass is 10.0. The number of imide groups is 1. The van der Waals surface area contributed by atoms with Gasteiger partial charge in [0.15, 0.2) is 11.5 Å². The minimum Gasteiger partial charge on any atom is -0.493 e. The maximum atomic E-state index is 12.7. The molecule has 1 fully saturated rings. The van der Waals surface area contributed by atoms with Gasteiger partial charge in [-0.25, -0.2) is 0 Å². The Balaban J connectivity index is 1.30. The van der Waals surface area contributed by atoms with Crippen LogP contribution in [0.1, 0.15) is 43.9 Å². The highest BCUT2D eigenvalue weighted by atomic mass is 16.5. The molecule has 2 heterocycles. The predicted molar refractivity (Wildman–Crippen MR) is 118 cm³/mol. The fourth-order valence-corrected chi connectivity index (χ4v) is 4.14. The fourth-order valence-electron chi connectivity index (χ4n) is 4.14. The highest BCUT2D eigenvalue weighted by molar-refractivity contribution is 6.22. The molecule has 9 nitrogen and oxygen atoms in total. The number of ether oxygens (including phenoxy) is 2. The number of nitrogens with zero attached hydrogens (tertiary/aromatic N) is 2. The summed E-state index contributed by atoms with van der Waals surface area (Å²) in [5, 5.41) is 2.99. The molecule has 2 aromatic rings. The van der Waals surface area contributed by atoms with Crippen LogP contribution in [0.3, 0.4) is 0 Å². The monoisotopic (exact) mass is 451 g/mol. The maximum Gasteiger partial charge on any atom is 0.262 e. The van der Waals surface area contributed by atoms with Crippen molar-refractivity contribution < 1.29 is 28.7 Å². The number of hydrogen-bond donors (Lipinski definition) is 1. The van der Waals surface area contributed by atoms with Gasteiger partial charge in [0.1, 0.15) is 6.54 Å². The lowest BCUT2D eigenvalue weighted by Crippen LogP contribution is -2.49. The molecule has 1 N–H and O–H groups in total. The number of piperidine rings is 1. The molecule has 172 valence electrons. The summed E-state index contributed by atoms with van der Waals surface area (Å²) in [5.41, 5.74) is 1.11. The third-order valence-corrected chi connectivity index (χ3v) is 6.00. The van der Waals surface area contributed by atoms with Crippen molar-refractivity contribution in [1.82, 2.24) is 15.1 Å². The van der Waals surface area contributed by atoms with Gasteiger partial charge in [0.2, 0.25) is 5.91 Å². The van der Waals surface area contributed by atoms with Crippen LogP contribution < -0.4 is 14.8 Å². The van der Waals surface area contributed by atoms with Gasteiger partial charge < -0.3 is 19.7 Å². The van der Waals surface area contributed by atoms with Crippen molar-refractivity contribution in [3.05, 3.63) is 59.2 Å². The van der Waals surface area contributed by atoms with Crippen LogP contribution in [0, 0.1) is 0 Å². The number of hydrogen-bond acceptors (Lipinski definition) is 6. The SMILES string of the molecule is COc1ccc(C(=O)NC2CCN(C(=O)CN3C(=O)c4ccccc4C3=O)CC2)cc1OC. The molecule has 4 amide bonds. The van der Waals surface area contributed by atoms with Crippen LogP contribution in [-0.4, -0.2) is 73.3 Å². The standard InChI is InChI=1S/C24H25N3O6/c1-32-19-8-7-15(13-20(19)33-2)22(29)25-16-9-11-26(12-10-16)21(28)14-27-23(30)17-5-3-4-6-18(17)24(27)31/h3-8,13,16H,9-12,14H2,1-2H3,(H,25,29). The molecule has 0 atom stereocenters. The van der Waals surface area contributed by atoms with Gasteiger partial charge in [-0.2, -0.15) is 0 Å². The van der Waals surface area contributed by atoms with E-state index >= 15 is 0 Å². The van der Waals surface area contributed by atoms with E-state index in [0.29, 0.717) is 54.1 Å². The Morgan fingerprint density at radius 2 is 1.55 bits per heavy atom. The molecule has 0 aliphatic carbocycles. The topological polar surface area (TPSA) is 105 Å². The number of benzene rings is 2. The second-order valence-corrected chi connectivity index (χ2v) is 7.94. The first-order valence-electron chi connectivity index (χ1n) is 10.7. The molecule has 1 saturated heterocycles. The summed E-state index contributed by atoms with van der Waals surface area (Å²) in [6.07, 6.45) is 1.15. The Labute approximate surface area is 191 Å². The van der Waals surface area contributed by atoms with Gasteiger partial charge >= 0.3 is 0 Å². The lowest BCUT2D eigenvalue weighted by molar-refractivity contribution is -0.132. The molecular weight excluding hydrogens is 426 g/mol. The number of amides is 4. The van der Waals surface area contributed by atoms with Crippen molar-refractivity contribution in [3.63, 3.8) is 0 Å². The van der Waals surface area contributed by atoms with Gasteiger partial charge in [-0.1, -0.05) is 12.1 Å². The van der Waals surface area contributed by atoms with Gasteiger partial charge in [0.25, 0.3) is 17.7 Å². The van der Waals surface area contributed by atoms with Crippen molar-refractivity contribution in [3.8, 4) is 11.5 Å². The minimum absolute atomic E-state index is 0.0889. The third-order valence-electron chi connectivity index (χ3n) is 6.00. The average Bonchev–Trinajstić information content (AvgIpc) is 3.08. The molecule has 0 radical (unpaired) electrons. The molecule has 2 aliphatic rings. The highest BCUT2D eigenvalue weighted by Crippen LogP contribution is 2.28. The Morgan fingerprint density at radius 3 is 2.12 bits per heavy atom. The summed E-state index contributed by atoms with van der Waals surface area (Å²) >= 11 is 0. The van der Waals surface area contributed by atoms with Crippen LogP contribution in [0.25, 0.3) is 0 Å². The van der Waals surface area contributed by atoms with Crippen molar-refractivity contribution in [1.29, 1.82) is 0 Å². The summed E-state index contributed by atoms with van der Waals surface area (Å²) in [5.74, 6) is -0.388. The summed E-state index contributed by atoms with van der Waals surface area (Å²) in [6, 6.07) is 11.4.